The number of unbranched alkanes of at least 4 members (excludes halogenated alkanes) is 5. The van der Waals surface area contributed by atoms with Crippen LogP contribution in [0.5, 0.6) is 0 Å². The van der Waals surface area contributed by atoms with E-state index in [1.54, 1.807) is 0 Å². The lowest BCUT2D eigenvalue weighted by molar-refractivity contribution is 0.313. The number of alkyl halides is 1. The first-order valence-electron chi connectivity index (χ1n) is 7.15. The molecule has 0 aromatic heterocycles. The van der Waals surface area contributed by atoms with Gasteiger partial charge >= 0.3 is 0 Å². The summed E-state index contributed by atoms with van der Waals surface area (Å²) < 4.78 is 0. The highest BCUT2D eigenvalue weighted by molar-refractivity contribution is 6.17. The van der Waals surface area contributed by atoms with Gasteiger partial charge in [-0.25, -0.2) is 0 Å². The molecule has 2 heteroatoms. The Labute approximate surface area is 107 Å². The van der Waals surface area contributed by atoms with Crippen molar-refractivity contribution in [3.63, 3.8) is 0 Å². The molecule has 0 saturated carbocycles. The first kappa shape index (κ1) is 14.3. The quantitative estimate of drug-likeness (QED) is 0.433. The fourth-order valence-electron chi connectivity index (χ4n) is 2.62. The van der Waals surface area contributed by atoms with Crippen LogP contribution in [0.1, 0.15) is 58.3 Å². The summed E-state index contributed by atoms with van der Waals surface area (Å²) in [6, 6.07) is 0. The van der Waals surface area contributed by atoms with Gasteiger partial charge in [-0.2, -0.15) is 0 Å². The zero-order valence-corrected chi connectivity index (χ0v) is 11.6. The molecule has 0 aromatic carbocycles. The van der Waals surface area contributed by atoms with Crippen molar-refractivity contribution < 1.29 is 0 Å². The van der Waals surface area contributed by atoms with Crippen molar-refractivity contribution in [2.45, 2.75) is 58.3 Å². The molecule has 1 aliphatic heterocycles. The average molecular weight is 246 g/mol. The topological polar surface area (TPSA) is 3.24 Å². The van der Waals surface area contributed by atoms with Crippen molar-refractivity contribution in [3.05, 3.63) is 0 Å². The number of hydrogen-bond acceptors (Lipinski definition) is 1. The third-order valence-electron chi connectivity index (χ3n) is 3.72. The first-order chi connectivity index (χ1) is 7.86. The van der Waals surface area contributed by atoms with Gasteiger partial charge in [0.15, 0.2) is 0 Å². The van der Waals surface area contributed by atoms with Crippen molar-refractivity contribution in [1.29, 1.82) is 0 Å². The third-order valence-corrected chi connectivity index (χ3v) is 3.93. The van der Waals surface area contributed by atoms with E-state index in [4.69, 9.17) is 11.6 Å². The number of nitrogens with zero attached hydrogens (tertiary/aromatic N) is 1. The van der Waals surface area contributed by atoms with Gasteiger partial charge in [0.05, 0.1) is 0 Å². The zero-order valence-electron chi connectivity index (χ0n) is 10.9. The third kappa shape index (κ3) is 6.10. The summed E-state index contributed by atoms with van der Waals surface area (Å²) in [5.41, 5.74) is 0. The molecule has 0 aromatic rings. The van der Waals surface area contributed by atoms with Crippen LogP contribution in [0.25, 0.3) is 0 Å². The van der Waals surface area contributed by atoms with Gasteiger partial charge in [-0.05, 0) is 38.3 Å². The molecule has 0 N–H and O–H groups in total. The normalized spacial score (nSPS) is 21.8. The fraction of sp³-hybridized carbons (Fsp3) is 1.00. The van der Waals surface area contributed by atoms with E-state index in [1.165, 1.54) is 71.0 Å². The SMILES string of the molecule is CCCCCCCCN1CCC(CCCl)C1. The van der Waals surface area contributed by atoms with E-state index in [-0.39, 0.29) is 0 Å². The molecule has 1 saturated heterocycles. The van der Waals surface area contributed by atoms with Crippen molar-refractivity contribution in [1.82, 2.24) is 4.90 Å². The highest BCUT2D eigenvalue weighted by atomic mass is 35.5. The lowest BCUT2D eigenvalue weighted by Crippen LogP contribution is -2.22. The molecular formula is C14H28ClN. The highest BCUT2D eigenvalue weighted by Crippen LogP contribution is 2.20. The number of rotatable bonds is 9. The molecule has 0 amide bonds. The van der Waals surface area contributed by atoms with E-state index in [9.17, 15) is 0 Å². The molecule has 1 nitrogen and oxygen atoms in total. The Balaban J connectivity index is 1.90. The Morgan fingerprint density at radius 1 is 1.12 bits per heavy atom. The Bertz CT molecular complexity index is 161. The summed E-state index contributed by atoms with van der Waals surface area (Å²) in [6.07, 6.45) is 11.1. The first-order valence-corrected chi connectivity index (χ1v) is 7.68. The maximum Gasteiger partial charge on any atom is 0.0226 e. The molecule has 0 spiro atoms. The van der Waals surface area contributed by atoms with Crippen molar-refractivity contribution in [3.8, 4) is 0 Å². The number of likely N-dealkylation sites (tertiary alicyclic amines) is 1. The molecular weight excluding hydrogens is 218 g/mol. The predicted octanol–water partition coefficient (Wildman–Crippen LogP) is 4.30. The Kier molecular flexibility index (Phi) is 8.32. The van der Waals surface area contributed by atoms with E-state index < -0.39 is 0 Å². The summed E-state index contributed by atoms with van der Waals surface area (Å²) in [5, 5.41) is 0. The van der Waals surface area contributed by atoms with Gasteiger partial charge in [0.25, 0.3) is 0 Å². The van der Waals surface area contributed by atoms with Crippen molar-refractivity contribution >= 4 is 11.6 Å². The smallest absolute Gasteiger partial charge is 0.0226 e. The van der Waals surface area contributed by atoms with Crippen LogP contribution in [-0.4, -0.2) is 30.4 Å². The molecule has 96 valence electrons. The largest absolute Gasteiger partial charge is 0.303 e. The van der Waals surface area contributed by atoms with Gasteiger partial charge in [-0.15, -0.1) is 11.6 Å². The average Bonchev–Trinajstić information content (AvgIpc) is 2.72. The number of hydrogen-bond donors (Lipinski definition) is 0. The van der Waals surface area contributed by atoms with Crippen LogP contribution >= 0.6 is 11.6 Å². The molecule has 1 fully saturated rings. The summed E-state index contributed by atoms with van der Waals surface area (Å²) in [7, 11) is 0. The second kappa shape index (κ2) is 9.30. The second-order valence-corrected chi connectivity index (χ2v) is 5.58. The summed E-state index contributed by atoms with van der Waals surface area (Å²) >= 11 is 5.79. The Morgan fingerprint density at radius 2 is 1.88 bits per heavy atom. The van der Waals surface area contributed by atoms with Gasteiger partial charge in [0.2, 0.25) is 0 Å². The Morgan fingerprint density at radius 3 is 2.62 bits per heavy atom. The van der Waals surface area contributed by atoms with Gasteiger partial charge in [-0.1, -0.05) is 39.0 Å². The van der Waals surface area contributed by atoms with E-state index in [0.717, 1.165) is 11.8 Å². The predicted molar refractivity (Wildman–Crippen MR) is 73.3 cm³/mol. The van der Waals surface area contributed by atoms with Gasteiger partial charge < -0.3 is 4.90 Å². The standard InChI is InChI=1S/C14H28ClN/c1-2-3-4-5-6-7-11-16-12-9-14(13-16)8-10-15/h14H,2-13H2,1H3. The molecule has 16 heavy (non-hydrogen) atoms. The van der Waals surface area contributed by atoms with E-state index in [1.807, 2.05) is 0 Å². The maximum absolute atomic E-state index is 5.79. The monoisotopic (exact) mass is 245 g/mol. The Hall–Kier alpha value is 0.250. The molecule has 0 aliphatic carbocycles. The molecule has 1 rings (SSSR count). The molecule has 1 atom stereocenters. The van der Waals surface area contributed by atoms with Gasteiger partial charge in [-0.3, -0.25) is 0 Å². The molecule has 1 heterocycles. The molecule has 1 unspecified atom stereocenters. The maximum atomic E-state index is 5.79. The van der Waals surface area contributed by atoms with Crippen LogP contribution in [0.15, 0.2) is 0 Å². The fourth-order valence-corrected chi connectivity index (χ4v) is 2.93. The lowest BCUT2D eigenvalue weighted by Gasteiger charge is -2.15. The van der Waals surface area contributed by atoms with E-state index >= 15 is 0 Å². The van der Waals surface area contributed by atoms with Crippen LogP contribution in [0.3, 0.4) is 0 Å². The van der Waals surface area contributed by atoms with Crippen LogP contribution in [0.4, 0.5) is 0 Å². The minimum absolute atomic E-state index is 0.843. The van der Waals surface area contributed by atoms with Gasteiger partial charge in [0.1, 0.15) is 0 Å². The summed E-state index contributed by atoms with van der Waals surface area (Å²) in [5.74, 6) is 1.73. The van der Waals surface area contributed by atoms with Gasteiger partial charge in [0, 0.05) is 12.4 Å². The molecule has 0 radical (unpaired) electrons. The van der Waals surface area contributed by atoms with E-state index in [0.29, 0.717) is 0 Å². The highest BCUT2D eigenvalue weighted by Gasteiger charge is 2.20. The minimum Gasteiger partial charge on any atom is -0.303 e. The molecule has 0 bridgehead atoms. The van der Waals surface area contributed by atoms with Crippen LogP contribution in [0, 0.1) is 5.92 Å². The van der Waals surface area contributed by atoms with Crippen LogP contribution < -0.4 is 0 Å². The number of halogens is 1. The second-order valence-electron chi connectivity index (χ2n) is 5.20. The summed E-state index contributed by atoms with van der Waals surface area (Å²) in [4.78, 5) is 2.64. The van der Waals surface area contributed by atoms with E-state index in [2.05, 4.69) is 11.8 Å². The van der Waals surface area contributed by atoms with Crippen LogP contribution in [-0.2, 0) is 0 Å². The lowest BCUT2D eigenvalue weighted by atomic mass is 10.1. The zero-order chi connectivity index (χ0) is 11.6. The van der Waals surface area contributed by atoms with Crippen molar-refractivity contribution in [2.75, 3.05) is 25.5 Å². The van der Waals surface area contributed by atoms with Crippen LogP contribution in [0.2, 0.25) is 0 Å². The minimum atomic E-state index is 0.843. The molecule has 1 aliphatic rings. The summed E-state index contributed by atoms with van der Waals surface area (Å²) in [6.45, 7) is 6.23. The van der Waals surface area contributed by atoms with Crippen molar-refractivity contribution in [2.24, 2.45) is 5.92 Å².